The highest BCUT2D eigenvalue weighted by molar-refractivity contribution is 6.70. The van der Waals surface area contributed by atoms with E-state index in [4.69, 9.17) is 22.7 Å². The Hall–Kier alpha value is 0.151. The lowest BCUT2D eigenvalue weighted by Gasteiger charge is -2.24. The van der Waals surface area contributed by atoms with Gasteiger partial charge in [0, 0.05) is 0 Å². The SMILES string of the molecule is C=CCO[Si](O)(OO[SiH](C)C)OO[Si](C)(C)C. The summed E-state index contributed by atoms with van der Waals surface area (Å²) in [5.74, 6) is 0. The summed E-state index contributed by atoms with van der Waals surface area (Å²) < 4.78 is 24.9. The molecule has 0 saturated carbocycles. The average Bonchev–Trinajstić information content (AvgIpc) is 2.20. The molecule has 1 unspecified atom stereocenters. The third-order valence-corrected chi connectivity index (χ3v) is 3.68. The number of hydrogen-bond acceptors (Lipinski definition) is 6. The van der Waals surface area contributed by atoms with Crippen molar-refractivity contribution in [1.82, 2.24) is 0 Å². The molecule has 0 radical (unpaired) electrons. The largest absolute Gasteiger partial charge is 0.731 e. The zero-order valence-corrected chi connectivity index (χ0v) is 14.2. The van der Waals surface area contributed by atoms with Crippen LogP contribution in [0.1, 0.15) is 0 Å². The molecule has 0 aliphatic carbocycles. The molecule has 1 atom stereocenters. The van der Waals surface area contributed by atoms with Crippen LogP contribution in [-0.2, 0) is 22.7 Å². The van der Waals surface area contributed by atoms with Gasteiger partial charge in [-0.25, -0.2) is 9.15 Å². The Labute approximate surface area is 106 Å². The minimum atomic E-state index is -3.89. The second-order valence-corrected chi connectivity index (χ2v) is 13.0. The monoisotopic (exact) mass is 298 g/mol. The van der Waals surface area contributed by atoms with Gasteiger partial charge in [0.25, 0.3) is 0 Å². The summed E-state index contributed by atoms with van der Waals surface area (Å²) in [6.45, 7) is 13.1. The van der Waals surface area contributed by atoms with Gasteiger partial charge in [-0.15, -0.1) is 6.58 Å². The molecule has 0 rings (SSSR count). The summed E-state index contributed by atoms with van der Waals surface area (Å²) in [5.41, 5.74) is 0. The Balaban J connectivity index is 4.32. The van der Waals surface area contributed by atoms with E-state index in [0.29, 0.717) is 0 Å². The van der Waals surface area contributed by atoms with E-state index < -0.39 is 26.4 Å². The highest BCUT2D eigenvalue weighted by Crippen LogP contribution is 2.12. The minimum Gasteiger partial charge on any atom is -0.365 e. The number of rotatable bonds is 9. The summed E-state index contributed by atoms with van der Waals surface area (Å²) in [6, 6.07) is 0. The predicted molar refractivity (Wildman–Crippen MR) is 70.7 cm³/mol. The van der Waals surface area contributed by atoms with Gasteiger partial charge in [-0.3, -0.25) is 9.15 Å². The summed E-state index contributed by atoms with van der Waals surface area (Å²) in [7, 11) is -7.28. The summed E-state index contributed by atoms with van der Waals surface area (Å²) in [6.07, 6.45) is 1.48. The highest BCUT2D eigenvalue weighted by atomic mass is 28.4. The molecule has 102 valence electrons. The van der Waals surface area contributed by atoms with E-state index >= 15 is 0 Å². The van der Waals surface area contributed by atoms with Gasteiger partial charge in [-0.05, 0) is 32.7 Å². The first-order valence-corrected chi connectivity index (χ1v) is 13.2. The molecule has 0 aliphatic heterocycles. The Morgan fingerprint density at radius 1 is 1.18 bits per heavy atom. The molecule has 9 heteroatoms. The maximum absolute atomic E-state index is 9.97. The maximum Gasteiger partial charge on any atom is 0.731 e. The van der Waals surface area contributed by atoms with E-state index in [0.717, 1.165) is 0 Å². The van der Waals surface area contributed by atoms with E-state index in [2.05, 4.69) is 6.58 Å². The molecule has 6 nitrogen and oxygen atoms in total. The van der Waals surface area contributed by atoms with Crippen LogP contribution in [0, 0.1) is 0 Å². The fourth-order valence-corrected chi connectivity index (χ4v) is 3.69. The first-order valence-electron chi connectivity index (χ1n) is 5.37. The van der Waals surface area contributed by atoms with Gasteiger partial charge in [0.2, 0.25) is 17.4 Å². The van der Waals surface area contributed by atoms with Gasteiger partial charge in [-0.2, -0.15) is 0 Å². The number of hydrogen-bond donors (Lipinski definition) is 1. The fraction of sp³-hybridized carbons (Fsp3) is 0.750. The van der Waals surface area contributed by atoms with Gasteiger partial charge in [0.15, 0.2) is 0 Å². The van der Waals surface area contributed by atoms with Crippen molar-refractivity contribution < 1.29 is 27.5 Å². The zero-order valence-electron chi connectivity index (χ0n) is 11.1. The Kier molecular flexibility index (Phi) is 7.62. The van der Waals surface area contributed by atoms with Crippen molar-refractivity contribution >= 4 is 26.4 Å². The second-order valence-electron chi connectivity index (χ2n) is 4.63. The quantitative estimate of drug-likeness (QED) is 0.300. The summed E-state index contributed by atoms with van der Waals surface area (Å²) in [4.78, 5) is 9.97. The molecule has 0 saturated heterocycles. The standard InChI is InChI=1S/C8H22O6Si3/c1-7-8-10-17(9,12-11-15(2)3)14-13-16(4,5)6/h7,9,15H,1,8H2,2-6H3. The van der Waals surface area contributed by atoms with Crippen LogP contribution in [0.5, 0.6) is 0 Å². The minimum absolute atomic E-state index is 0.0980. The van der Waals surface area contributed by atoms with Crippen LogP contribution < -0.4 is 0 Å². The smallest absolute Gasteiger partial charge is 0.365 e. The van der Waals surface area contributed by atoms with Crippen molar-refractivity contribution in [3.8, 4) is 0 Å². The van der Waals surface area contributed by atoms with Crippen molar-refractivity contribution in [2.45, 2.75) is 32.7 Å². The summed E-state index contributed by atoms with van der Waals surface area (Å²) >= 11 is 0. The third-order valence-electron chi connectivity index (χ3n) is 1.13. The lowest BCUT2D eigenvalue weighted by molar-refractivity contribution is -0.266. The molecule has 0 spiro atoms. The van der Waals surface area contributed by atoms with Crippen LogP contribution >= 0.6 is 0 Å². The normalized spacial score (nSPS) is 15.9. The van der Waals surface area contributed by atoms with Gasteiger partial charge >= 0.3 is 9.05 Å². The van der Waals surface area contributed by atoms with Gasteiger partial charge in [0.05, 0.1) is 6.61 Å². The van der Waals surface area contributed by atoms with Gasteiger partial charge in [0.1, 0.15) is 0 Å². The third kappa shape index (κ3) is 9.82. The van der Waals surface area contributed by atoms with E-state index in [9.17, 15) is 4.80 Å². The highest BCUT2D eigenvalue weighted by Gasteiger charge is 2.46. The molecule has 0 aromatic rings. The molecular weight excluding hydrogens is 276 g/mol. The average molecular weight is 299 g/mol. The summed E-state index contributed by atoms with van der Waals surface area (Å²) in [5, 5.41) is 0. The van der Waals surface area contributed by atoms with Crippen molar-refractivity contribution in [3.05, 3.63) is 12.7 Å². The van der Waals surface area contributed by atoms with Crippen LogP contribution in [0.25, 0.3) is 0 Å². The van der Waals surface area contributed by atoms with Crippen LogP contribution in [0.2, 0.25) is 32.7 Å². The molecule has 0 fully saturated rings. The van der Waals surface area contributed by atoms with E-state index in [1.807, 2.05) is 32.7 Å². The second kappa shape index (κ2) is 7.56. The maximum atomic E-state index is 9.97. The van der Waals surface area contributed by atoms with E-state index in [1.54, 1.807) is 0 Å². The van der Waals surface area contributed by atoms with Crippen molar-refractivity contribution in [3.63, 3.8) is 0 Å². The molecule has 0 heterocycles. The first-order chi connectivity index (χ1) is 7.68. The van der Waals surface area contributed by atoms with Crippen molar-refractivity contribution in [1.29, 1.82) is 0 Å². The van der Waals surface area contributed by atoms with E-state index in [1.165, 1.54) is 6.08 Å². The lowest BCUT2D eigenvalue weighted by Crippen LogP contribution is -2.49. The topological polar surface area (TPSA) is 66.4 Å². The molecular formula is C8H22O6Si3. The van der Waals surface area contributed by atoms with E-state index in [-0.39, 0.29) is 6.61 Å². The van der Waals surface area contributed by atoms with Crippen LogP contribution in [0.4, 0.5) is 0 Å². The first kappa shape index (κ1) is 17.2. The Morgan fingerprint density at radius 3 is 2.18 bits per heavy atom. The molecule has 0 aromatic heterocycles. The molecule has 0 amide bonds. The van der Waals surface area contributed by atoms with Crippen molar-refractivity contribution in [2.24, 2.45) is 0 Å². The molecule has 0 bridgehead atoms. The molecule has 1 N–H and O–H groups in total. The molecule has 0 aromatic carbocycles. The molecule has 0 aliphatic rings. The Morgan fingerprint density at radius 2 is 1.76 bits per heavy atom. The Bertz CT molecular complexity index is 232. The van der Waals surface area contributed by atoms with Crippen molar-refractivity contribution in [2.75, 3.05) is 6.61 Å². The van der Waals surface area contributed by atoms with Crippen LogP contribution in [0.15, 0.2) is 12.7 Å². The van der Waals surface area contributed by atoms with Crippen LogP contribution in [-0.4, -0.2) is 37.8 Å². The lowest BCUT2D eigenvalue weighted by atomic mass is 10.7. The fourth-order valence-electron chi connectivity index (χ4n) is 0.561. The molecule has 17 heavy (non-hydrogen) atoms. The van der Waals surface area contributed by atoms with Gasteiger partial charge < -0.3 is 9.22 Å². The predicted octanol–water partition coefficient (Wildman–Crippen LogP) is 1.33. The zero-order chi connectivity index (χ0) is 13.5. The van der Waals surface area contributed by atoms with Crippen LogP contribution in [0.3, 0.4) is 0 Å². The van der Waals surface area contributed by atoms with Gasteiger partial charge in [-0.1, -0.05) is 6.08 Å².